The Labute approximate surface area is 204 Å². The smallest absolute Gasteiger partial charge is 0.253 e. The molecule has 0 saturated carbocycles. The highest BCUT2D eigenvalue weighted by Crippen LogP contribution is 2.22. The fourth-order valence-corrected chi connectivity index (χ4v) is 4.77. The molecule has 2 aromatic rings. The molecule has 4 rings (SSSR count). The molecule has 2 aliphatic rings. The number of rotatable bonds is 9. The normalized spacial score (nSPS) is 18.0. The lowest BCUT2D eigenvalue weighted by Gasteiger charge is -2.32. The van der Waals surface area contributed by atoms with Crippen LogP contribution in [0.2, 0.25) is 0 Å². The molecule has 6 heteroatoms. The lowest BCUT2D eigenvalue weighted by Crippen LogP contribution is -2.43. The minimum absolute atomic E-state index is 0.0722. The largest absolute Gasteiger partial charge is 0.398 e. The van der Waals surface area contributed by atoms with Crippen LogP contribution in [-0.4, -0.2) is 80.0 Å². The summed E-state index contributed by atoms with van der Waals surface area (Å²) in [7, 11) is 2.16. The van der Waals surface area contributed by atoms with Crippen molar-refractivity contribution in [2.75, 3.05) is 65.1 Å². The van der Waals surface area contributed by atoms with Gasteiger partial charge in [0.2, 0.25) is 0 Å². The Balaban J connectivity index is 1.14. The van der Waals surface area contributed by atoms with E-state index in [0.29, 0.717) is 17.8 Å². The van der Waals surface area contributed by atoms with Crippen molar-refractivity contribution in [2.45, 2.75) is 25.8 Å². The Morgan fingerprint density at radius 2 is 1.76 bits per heavy atom. The number of carbonyl (C=O) groups is 1. The van der Waals surface area contributed by atoms with Gasteiger partial charge in [-0.3, -0.25) is 14.6 Å². The number of amides is 1. The molecular formula is C28H39N5O. The zero-order valence-corrected chi connectivity index (χ0v) is 20.5. The van der Waals surface area contributed by atoms with E-state index in [-0.39, 0.29) is 5.91 Å². The van der Waals surface area contributed by atoms with Gasteiger partial charge in [-0.25, -0.2) is 0 Å². The third kappa shape index (κ3) is 6.92. The minimum Gasteiger partial charge on any atom is -0.398 e. The van der Waals surface area contributed by atoms with Crippen molar-refractivity contribution in [3.05, 3.63) is 71.3 Å². The molecule has 0 unspecified atom stereocenters. The first-order valence-electron chi connectivity index (χ1n) is 12.6. The van der Waals surface area contributed by atoms with Crippen LogP contribution in [0.3, 0.4) is 0 Å². The Morgan fingerprint density at radius 1 is 0.971 bits per heavy atom. The van der Waals surface area contributed by atoms with Gasteiger partial charge in [-0.15, -0.1) is 0 Å². The highest BCUT2D eigenvalue weighted by Gasteiger charge is 2.16. The maximum atomic E-state index is 12.6. The number of nitrogen functional groups attached to an aromatic ring is 1. The molecule has 0 bridgehead atoms. The zero-order valence-electron chi connectivity index (χ0n) is 20.5. The minimum atomic E-state index is -0.0722. The summed E-state index contributed by atoms with van der Waals surface area (Å²) in [6, 6.07) is 16.5. The molecule has 0 radical (unpaired) electrons. The van der Waals surface area contributed by atoms with Crippen molar-refractivity contribution in [3.63, 3.8) is 0 Å². The summed E-state index contributed by atoms with van der Waals surface area (Å²) in [5.41, 5.74) is 11.3. The first-order chi connectivity index (χ1) is 16.6. The van der Waals surface area contributed by atoms with Gasteiger partial charge < -0.3 is 16.0 Å². The van der Waals surface area contributed by atoms with Gasteiger partial charge in [0.05, 0.1) is 5.56 Å². The zero-order chi connectivity index (χ0) is 23.8. The monoisotopic (exact) mass is 461 g/mol. The van der Waals surface area contributed by atoms with Crippen LogP contribution in [0.15, 0.2) is 54.6 Å². The first-order valence-corrected chi connectivity index (χ1v) is 12.6. The lowest BCUT2D eigenvalue weighted by molar-refractivity contribution is 0.0953. The summed E-state index contributed by atoms with van der Waals surface area (Å²) in [4.78, 5) is 19.9. The third-order valence-corrected chi connectivity index (χ3v) is 6.99. The molecule has 0 atom stereocenters. The Morgan fingerprint density at radius 3 is 2.47 bits per heavy atom. The maximum absolute atomic E-state index is 12.6. The Bertz CT molecular complexity index is 966. The fourth-order valence-electron chi connectivity index (χ4n) is 4.77. The molecule has 34 heavy (non-hydrogen) atoms. The van der Waals surface area contributed by atoms with Gasteiger partial charge >= 0.3 is 0 Å². The number of unbranched alkanes of at least 4 members (excludes halogenated alkanes) is 1. The molecule has 1 saturated heterocycles. The molecular weight excluding hydrogens is 422 g/mol. The summed E-state index contributed by atoms with van der Waals surface area (Å²) in [5.74, 6) is -0.0722. The van der Waals surface area contributed by atoms with E-state index in [1.165, 1.54) is 16.7 Å². The van der Waals surface area contributed by atoms with E-state index in [4.69, 9.17) is 5.73 Å². The highest BCUT2D eigenvalue weighted by molar-refractivity contribution is 5.99. The predicted molar refractivity (Wildman–Crippen MR) is 141 cm³/mol. The number of benzene rings is 2. The topological polar surface area (TPSA) is 64.8 Å². The average molecular weight is 462 g/mol. The molecule has 2 aliphatic heterocycles. The Hall–Kier alpha value is -2.67. The Kier molecular flexibility index (Phi) is 8.74. The van der Waals surface area contributed by atoms with Crippen LogP contribution in [0, 0.1) is 0 Å². The van der Waals surface area contributed by atoms with E-state index < -0.39 is 0 Å². The standard InChI is InChI=1S/C28H39N5O/c1-31-17-19-33(20-18-31)22-23-9-10-26(27(29)21-23)28(34)30-13-5-6-14-32-15-11-25(12-16-32)24-7-3-2-4-8-24/h2-4,7-11,21H,5-6,12-20,22,29H2,1H3,(H,30,34). The van der Waals surface area contributed by atoms with Crippen LogP contribution in [0.5, 0.6) is 0 Å². The van der Waals surface area contributed by atoms with E-state index in [2.05, 4.69) is 63.5 Å². The molecule has 2 aromatic carbocycles. The lowest BCUT2D eigenvalue weighted by atomic mass is 9.99. The number of nitrogens with zero attached hydrogens (tertiary/aromatic N) is 3. The maximum Gasteiger partial charge on any atom is 0.253 e. The van der Waals surface area contributed by atoms with Crippen LogP contribution >= 0.6 is 0 Å². The number of nitrogens with one attached hydrogen (secondary N) is 1. The average Bonchev–Trinajstić information content (AvgIpc) is 2.86. The van der Waals surface area contributed by atoms with Crippen molar-refractivity contribution >= 4 is 17.2 Å². The molecule has 0 aliphatic carbocycles. The third-order valence-electron chi connectivity index (χ3n) is 6.99. The number of likely N-dealkylation sites (N-methyl/N-ethyl adjacent to an activating group) is 1. The van der Waals surface area contributed by atoms with E-state index >= 15 is 0 Å². The van der Waals surface area contributed by atoms with Crippen LogP contribution in [0.25, 0.3) is 5.57 Å². The SMILES string of the molecule is CN1CCN(Cc2ccc(C(=O)NCCCCN3CC=C(c4ccccc4)CC3)c(N)c2)CC1. The summed E-state index contributed by atoms with van der Waals surface area (Å²) < 4.78 is 0. The molecule has 1 fully saturated rings. The summed E-state index contributed by atoms with van der Waals surface area (Å²) >= 11 is 0. The van der Waals surface area contributed by atoms with Gasteiger partial charge in [-0.2, -0.15) is 0 Å². The van der Waals surface area contributed by atoms with Crippen LogP contribution in [-0.2, 0) is 6.54 Å². The van der Waals surface area contributed by atoms with Crippen LogP contribution in [0.4, 0.5) is 5.69 Å². The van der Waals surface area contributed by atoms with E-state index in [1.54, 1.807) is 0 Å². The molecule has 0 aromatic heterocycles. The molecule has 2 heterocycles. The quantitative estimate of drug-likeness (QED) is 0.443. The summed E-state index contributed by atoms with van der Waals surface area (Å²) in [6.07, 6.45) is 5.51. The second-order valence-electron chi connectivity index (χ2n) is 9.61. The molecule has 6 nitrogen and oxygen atoms in total. The van der Waals surface area contributed by atoms with Crippen molar-refractivity contribution < 1.29 is 4.79 Å². The van der Waals surface area contributed by atoms with Crippen molar-refractivity contribution in [1.29, 1.82) is 0 Å². The fraction of sp³-hybridized carbons (Fsp3) is 0.464. The summed E-state index contributed by atoms with van der Waals surface area (Å²) in [5, 5.41) is 3.05. The van der Waals surface area contributed by atoms with Gasteiger partial charge in [0.1, 0.15) is 0 Å². The van der Waals surface area contributed by atoms with Gasteiger partial charge in [-0.1, -0.05) is 42.5 Å². The number of piperazine rings is 1. The van der Waals surface area contributed by atoms with E-state index in [0.717, 1.165) is 71.6 Å². The van der Waals surface area contributed by atoms with Crippen molar-refractivity contribution in [1.82, 2.24) is 20.0 Å². The van der Waals surface area contributed by atoms with E-state index in [1.807, 2.05) is 18.2 Å². The predicted octanol–water partition coefficient (Wildman–Crippen LogP) is 3.32. The molecule has 0 spiro atoms. The molecule has 1 amide bonds. The first kappa shape index (κ1) is 24.5. The van der Waals surface area contributed by atoms with Gasteiger partial charge in [0.25, 0.3) is 5.91 Å². The van der Waals surface area contributed by atoms with Crippen molar-refractivity contribution in [2.24, 2.45) is 0 Å². The van der Waals surface area contributed by atoms with Gasteiger partial charge in [-0.05, 0) is 61.7 Å². The number of hydrogen-bond donors (Lipinski definition) is 2. The number of hydrogen-bond acceptors (Lipinski definition) is 5. The number of nitrogens with two attached hydrogens (primary N) is 1. The molecule has 3 N–H and O–H groups in total. The van der Waals surface area contributed by atoms with Crippen LogP contribution < -0.4 is 11.1 Å². The van der Waals surface area contributed by atoms with Gasteiger partial charge in [0, 0.05) is 58.0 Å². The number of anilines is 1. The van der Waals surface area contributed by atoms with E-state index in [9.17, 15) is 4.79 Å². The highest BCUT2D eigenvalue weighted by atomic mass is 16.1. The summed E-state index contributed by atoms with van der Waals surface area (Å²) in [6.45, 7) is 9.08. The number of carbonyl (C=O) groups excluding carboxylic acids is 1. The molecule has 182 valence electrons. The second kappa shape index (κ2) is 12.2. The van der Waals surface area contributed by atoms with Gasteiger partial charge in [0.15, 0.2) is 0 Å². The van der Waals surface area contributed by atoms with Crippen LogP contribution in [0.1, 0.15) is 40.7 Å². The van der Waals surface area contributed by atoms with Crippen molar-refractivity contribution in [3.8, 4) is 0 Å². The second-order valence-corrected chi connectivity index (χ2v) is 9.61.